The summed E-state index contributed by atoms with van der Waals surface area (Å²) in [4.78, 5) is 9.90. The van der Waals surface area contributed by atoms with E-state index in [1.54, 1.807) is 0 Å². The molecule has 0 atom stereocenters. The first-order chi connectivity index (χ1) is 42.8. The fraction of sp³-hybridized carbons (Fsp3) is 0.280. The van der Waals surface area contributed by atoms with E-state index in [1.807, 2.05) is 29.7 Å². The van der Waals surface area contributed by atoms with Gasteiger partial charge < -0.3 is 14.5 Å². The van der Waals surface area contributed by atoms with Crippen molar-refractivity contribution in [3.63, 3.8) is 0 Å². The Morgan fingerprint density at radius 1 is 0.466 bits per heavy atom. The number of benzene rings is 9. The van der Waals surface area contributed by atoms with Crippen LogP contribution in [0.1, 0.15) is 147 Å². The zero-order valence-electron chi connectivity index (χ0n) is 57.2. The van der Waals surface area contributed by atoms with Gasteiger partial charge in [-0.1, -0.05) is 207 Å². The van der Waals surface area contributed by atoms with E-state index in [0.717, 1.165) is 89.3 Å². The number of para-hydroxylation sites is 2. The van der Waals surface area contributed by atoms with Crippen molar-refractivity contribution in [2.24, 2.45) is 0 Å². The smallest absolute Gasteiger partial charge is 0.137 e. The zero-order chi connectivity index (χ0) is 64.6. The SMILES string of the molecule is [2H]C([2H])([2H])c1c(Oc2ccc3c4c5sc6ccccc6c5ccc4n(-c4cc(C(C)(C)C)ccn4)c3c2)cc(N2CN(c3c(-c4ccc(C(C)(C)C)cc4)cc(C)cc3-c3ccc(C(C)(C)C)cc3)c3ccccc32)cc1-c1cc(C(C)(C)C)cc(C(C)(C)C)c1. The summed E-state index contributed by atoms with van der Waals surface area (Å²) in [5.74, 6) is 1.57. The molecule has 12 aromatic rings. The third-order valence-electron chi connectivity index (χ3n) is 18.1. The molecule has 1 aliphatic rings. The highest BCUT2D eigenvalue weighted by atomic mass is 32.1. The van der Waals surface area contributed by atoms with Crippen molar-refractivity contribution >= 4 is 76.1 Å². The Hall–Kier alpha value is -8.45. The Morgan fingerprint density at radius 3 is 1.62 bits per heavy atom. The Labute approximate surface area is 530 Å². The summed E-state index contributed by atoms with van der Waals surface area (Å²) in [5, 5.41) is 4.64. The second-order valence-electron chi connectivity index (χ2n) is 29.7. The second kappa shape index (κ2) is 21.1. The van der Waals surface area contributed by atoms with Gasteiger partial charge in [-0.3, -0.25) is 4.57 Å². The lowest BCUT2D eigenvalue weighted by molar-refractivity contribution is 0.480. The molecule has 0 saturated carbocycles. The number of rotatable bonds is 8. The molecule has 0 fully saturated rings. The molecule has 13 rings (SSSR count). The van der Waals surface area contributed by atoms with Crippen molar-refractivity contribution in [2.75, 3.05) is 16.5 Å². The molecule has 444 valence electrons. The van der Waals surface area contributed by atoms with Gasteiger partial charge in [-0.2, -0.15) is 0 Å². The molecule has 0 aliphatic carbocycles. The van der Waals surface area contributed by atoms with E-state index in [2.05, 4.69) is 295 Å². The van der Waals surface area contributed by atoms with Gasteiger partial charge in [0.25, 0.3) is 0 Å². The minimum Gasteiger partial charge on any atom is -0.457 e. The van der Waals surface area contributed by atoms with Crippen LogP contribution in [0.15, 0.2) is 188 Å². The molecule has 0 bridgehead atoms. The van der Waals surface area contributed by atoms with Crippen molar-refractivity contribution in [1.82, 2.24) is 9.55 Å². The van der Waals surface area contributed by atoms with Crippen LogP contribution in [-0.4, -0.2) is 16.2 Å². The molecular formula is C82H84N4OS. The summed E-state index contributed by atoms with van der Waals surface area (Å²) < 4.78 is 41.1. The second-order valence-corrected chi connectivity index (χ2v) is 30.8. The molecular weight excluding hydrogens is 1090 g/mol. The summed E-state index contributed by atoms with van der Waals surface area (Å²) >= 11 is 1.81. The molecule has 0 saturated heterocycles. The van der Waals surface area contributed by atoms with Crippen molar-refractivity contribution in [3.05, 3.63) is 227 Å². The lowest BCUT2D eigenvalue weighted by atomic mass is 9.78. The van der Waals surface area contributed by atoms with Crippen LogP contribution in [-0.2, 0) is 27.1 Å². The maximum atomic E-state index is 9.65. The number of hydrogen-bond acceptors (Lipinski definition) is 5. The third kappa shape index (κ3) is 10.5. The third-order valence-corrected chi connectivity index (χ3v) is 19.3. The number of pyridine rings is 1. The van der Waals surface area contributed by atoms with Crippen molar-refractivity contribution in [3.8, 4) is 50.7 Å². The van der Waals surface area contributed by atoms with Crippen molar-refractivity contribution in [2.45, 2.75) is 145 Å². The van der Waals surface area contributed by atoms with Crippen LogP contribution in [0.3, 0.4) is 0 Å². The molecule has 0 radical (unpaired) electrons. The van der Waals surface area contributed by atoms with Gasteiger partial charge in [-0.15, -0.1) is 11.3 Å². The molecule has 5 nitrogen and oxygen atoms in total. The predicted octanol–water partition coefficient (Wildman–Crippen LogP) is 23.7. The van der Waals surface area contributed by atoms with Gasteiger partial charge >= 0.3 is 0 Å². The first kappa shape index (κ1) is 54.9. The quantitative estimate of drug-likeness (QED) is 0.152. The normalized spacial score (nSPS) is 14.1. The standard InChI is InChI=1S/C82H84N4OS/c1-50-40-66(52-26-30-55(31-27-52)78(3,4)5)76(67(41-50)53-28-32-56(33-29-53)79(6,7)8)85-49-84(68-23-19-20-24-69(68)85)60-46-65(54-42-58(81(12,13)14)44-59(43-54)82(15,16)17)51(2)72(47-60)87-61-34-35-64-71(48-61)86(74-45-57(38-39-83-74)80(9,10)11)70-37-36-63-62-22-18-21-25-73(62)88-77(63)75(64)70/h18-48H,49H2,1-17H3/i2D3. The van der Waals surface area contributed by atoms with Crippen LogP contribution in [0, 0.1) is 13.8 Å². The molecule has 9 aromatic carbocycles. The highest BCUT2D eigenvalue weighted by Gasteiger charge is 2.34. The predicted molar refractivity (Wildman–Crippen MR) is 379 cm³/mol. The molecule has 4 heterocycles. The Morgan fingerprint density at radius 2 is 1.03 bits per heavy atom. The van der Waals surface area contributed by atoms with Crippen LogP contribution < -0.4 is 14.5 Å². The van der Waals surface area contributed by atoms with Gasteiger partial charge in [0.2, 0.25) is 0 Å². The zero-order valence-corrected chi connectivity index (χ0v) is 55.0. The largest absolute Gasteiger partial charge is 0.457 e. The fourth-order valence-corrected chi connectivity index (χ4v) is 14.1. The van der Waals surface area contributed by atoms with E-state index in [1.165, 1.54) is 42.4 Å². The van der Waals surface area contributed by atoms with E-state index in [4.69, 9.17) is 9.72 Å². The number of hydrogen-bond donors (Lipinski definition) is 0. The number of thiophene rings is 1. The summed E-state index contributed by atoms with van der Waals surface area (Å²) in [7, 11) is 0. The Balaban J connectivity index is 1.05. The Kier molecular flexibility index (Phi) is 13.2. The van der Waals surface area contributed by atoms with E-state index < -0.39 is 6.85 Å². The highest BCUT2D eigenvalue weighted by Crippen LogP contribution is 2.53. The van der Waals surface area contributed by atoms with E-state index in [-0.39, 0.29) is 38.4 Å². The summed E-state index contributed by atoms with van der Waals surface area (Å²) in [6.45, 7) is 33.6. The van der Waals surface area contributed by atoms with Crippen LogP contribution in [0.25, 0.3) is 81.2 Å². The van der Waals surface area contributed by atoms with Gasteiger partial charge in [0.1, 0.15) is 24.0 Å². The molecule has 0 N–H and O–H groups in total. The van der Waals surface area contributed by atoms with Gasteiger partial charge in [0, 0.05) is 70.2 Å². The molecule has 0 unspecified atom stereocenters. The number of fused-ring (bicyclic) bond motifs is 8. The van der Waals surface area contributed by atoms with Crippen LogP contribution in [0.4, 0.5) is 22.7 Å². The molecule has 6 heteroatoms. The van der Waals surface area contributed by atoms with E-state index in [0.29, 0.717) is 18.0 Å². The number of anilines is 4. The minimum atomic E-state index is -2.61. The number of nitrogens with zero attached hydrogens (tertiary/aromatic N) is 4. The number of aromatic nitrogens is 2. The number of ether oxygens (including phenoxy) is 1. The molecule has 0 spiro atoms. The first-order valence-electron chi connectivity index (χ1n) is 32.7. The first-order valence-corrected chi connectivity index (χ1v) is 32.0. The van der Waals surface area contributed by atoms with Gasteiger partial charge in [-0.25, -0.2) is 4.98 Å². The Bertz CT molecular complexity index is 4730. The van der Waals surface area contributed by atoms with Crippen LogP contribution in [0.5, 0.6) is 11.5 Å². The van der Waals surface area contributed by atoms with Gasteiger partial charge in [0.05, 0.1) is 28.1 Å². The highest BCUT2D eigenvalue weighted by molar-refractivity contribution is 7.26. The maximum Gasteiger partial charge on any atom is 0.137 e. The minimum absolute atomic E-state index is 0.0167. The van der Waals surface area contributed by atoms with Crippen molar-refractivity contribution in [1.29, 1.82) is 0 Å². The van der Waals surface area contributed by atoms with Gasteiger partial charge in [0.15, 0.2) is 0 Å². The summed E-state index contributed by atoms with van der Waals surface area (Å²) in [5.41, 5.74) is 18.4. The lowest BCUT2D eigenvalue weighted by Crippen LogP contribution is -2.25. The monoisotopic (exact) mass is 1180 g/mol. The van der Waals surface area contributed by atoms with Crippen LogP contribution in [0.2, 0.25) is 0 Å². The molecule has 88 heavy (non-hydrogen) atoms. The fourth-order valence-electron chi connectivity index (χ4n) is 12.9. The lowest BCUT2D eigenvalue weighted by Gasteiger charge is -2.29. The molecule has 0 amide bonds. The average molecular weight is 1180 g/mol. The van der Waals surface area contributed by atoms with E-state index >= 15 is 0 Å². The van der Waals surface area contributed by atoms with Crippen LogP contribution >= 0.6 is 11.3 Å². The van der Waals surface area contributed by atoms with E-state index in [9.17, 15) is 4.11 Å². The summed E-state index contributed by atoms with van der Waals surface area (Å²) in [6.07, 6.45) is 1.91. The van der Waals surface area contributed by atoms with Crippen molar-refractivity contribution < 1.29 is 8.85 Å². The summed E-state index contributed by atoms with van der Waals surface area (Å²) in [6, 6.07) is 66.0. The average Bonchev–Trinajstić information content (AvgIpc) is 1.65. The number of aryl methyl sites for hydroxylation is 1. The molecule has 3 aromatic heterocycles. The molecule has 1 aliphatic heterocycles. The maximum absolute atomic E-state index is 9.65. The van der Waals surface area contributed by atoms with Gasteiger partial charge in [-0.05, 0) is 169 Å². The topological polar surface area (TPSA) is 33.5 Å².